The van der Waals surface area contributed by atoms with Crippen LogP contribution in [0.4, 0.5) is 10.5 Å². The van der Waals surface area contributed by atoms with E-state index in [1.54, 1.807) is 25.2 Å². The van der Waals surface area contributed by atoms with Crippen molar-refractivity contribution in [2.24, 2.45) is 0 Å². The van der Waals surface area contributed by atoms with Crippen LogP contribution in [-0.2, 0) is 25.3 Å². The molecule has 3 fully saturated rings. The first-order valence-electron chi connectivity index (χ1n) is 11.2. The predicted octanol–water partition coefficient (Wildman–Crippen LogP) is 2.41. The molecular formula is C25H23N3O5. The van der Waals surface area contributed by atoms with E-state index in [1.165, 1.54) is 9.80 Å². The second-order valence-corrected chi connectivity index (χ2v) is 9.40. The van der Waals surface area contributed by atoms with Crippen molar-refractivity contribution in [2.45, 2.75) is 30.3 Å². The summed E-state index contributed by atoms with van der Waals surface area (Å²) in [5.74, 6) is -0.546. The summed E-state index contributed by atoms with van der Waals surface area (Å²) >= 11 is 0. The Morgan fingerprint density at radius 1 is 0.970 bits per heavy atom. The number of urea groups is 1. The number of imide groups is 1. The zero-order chi connectivity index (χ0) is 23.0. The van der Waals surface area contributed by atoms with Crippen LogP contribution in [0.2, 0.25) is 0 Å². The van der Waals surface area contributed by atoms with Gasteiger partial charge in [0.2, 0.25) is 5.91 Å². The first-order valence-corrected chi connectivity index (χ1v) is 11.2. The number of rotatable bonds is 3. The Labute approximate surface area is 190 Å². The van der Waals surface area contributed by atoms with E-state index in [2.05, 4.69) is 0 Å². The van der Waals surface area contributed by atoms with Gasteiger partial charge in [-0.05, 0) is 36.6 Å². The van der Waals surface area contributed by atoms with Crippen LogP contribution in [0.3, 0.4) is 0 Å². The number of amides is 4. The van der Waals surface area contributed by atoms with Crippen molar-refractivity contribution >= 4 is 29.5 Å². The van der Waals surface area contributed by atoms with E-state index in [4.69, 9.17) is 4.74 Å². The van der Waals surface area contributed by atoms with Gasteiger partial charge in [-0.15, -0.1) is 0 Å². The molecule has 1 spiro atoms. The minimum atomic E-state index is -0.758. The van der Waals surface area contributed by atoms with Crippen LogP contribution < -0.4 is 4.90 Å². The van der Waals surface area contributed by atoms with Crippen LogP contribution in [0, 0.1) is 0 Å². The van der Waals surface area contributed by atoms with Crippen LogP contribution >= 0.6 is 0 Å². The molecule has 8 heteroatoms. The normalized spacial score (nSPS) is 25.1. The molecule has 1 atom stereocenters. The molecule has 0 radical (unpaired) electrons. The number of carbonyl (C=O) groups excluding carboxylic acids is 4. The molecule has 1 aliphatic carbocycles. The van der Waals surface area contributed by atoms with Gasteiger partial charge in [0.25, 0.3) is 5.91 Å². The number of hydrogen-bond donors (Lipinski definition) is 0. The van der Waals surface area contributed by atoms with E-state index >= 15 is 0 Å². The second kappa shape index (κ2) is 6.66. The van der Waals surface area contributed by atoms with Crippen LogP contribution in [0.15, 0.2) is 48.5 Å². The molecule has 2 aromatic carbocycles. The van der Waals surface area contributed by atoms with Crippen LogP contribution in [0.5, 0.6) is 0 Å². The van der Waals surface area contributed by atoms with E-state index in [-0.39, 0.29) is 30.4 Å². The minimum absolute atomic E-state index is 0.0422. The predicted molar refractivity (Wildman–Crippen MR) is 118 cm³/mol. The third-order valence-corrected chi connectivity index (χ3v) is 7.42. The molecule has 2 saturated heterocycles. The van der Waals surface area contributed by atoms with Crippen LogP contribution in [-0.4, -0.2) is 60.3 Å². The number of nitrogens with zero attached hydrogens (tertiary/aromatic N) is 3. The minimum Gasteiger partial charge on any atom is -0.449 e. The maximum absolute atomic E-state index is 13.6. The van der Waals surface area contributed by atoms with E-state index < -0.39 is 11.0 Å². The molecule has 168 valence electrons. The van der Waals surface area contributed by atoms with Crippen molar-refractivity contribution in [3.05, 3.63) is 65.2 Å². The van der Waals surface area contributed by atoms with E-state index in [0.717, 1.165) is 24.0 Å². The molecule has 6 rings (SSSR count). The summed E-state index contributed by atoms with van der Waals surface area (Å²) in [4.78, 5) is 54.8. The number of esters is 1. The average Bonchev–Trinajstić information content (AvgIpc) is 3.36. The molecule has 0 bridgehead atoms. The Morgan fingerprint density at radius 3 is 2.36 bits per heavy atom. The fourth-order valence-electron chi connectivity index (χ4n) is 5.46. The van der Waals surface area contributed by atoms with E-state index in [1.807, 2.05) is 35.2 Å². The SMILES string of the molecule is CN1CC(=O)N(c2ccc(C3(C(=O)N4CC[C@@]5(C4)OC(=O)c4ccccc45)CC3)cc2)C1=O. The highest BCUT2D eigenvalue weighted by Crippen LogP contribution is 2.52. The molecule has 4 amide bonds. The van der Waals surface area contributed by atoms with Gasteiger partial charge in [-0.2, -0.15) is 0 Å². The van der Waals surface area contributed by atoms with Crippen LogP contribution in [0.25, 0.3) is 0 Å². The molecule has 0 unspecified atom stereocenters. The Morgan fingerprint density at radius 2 is 1.70 bits per heavy atom. The number of hydrogen-bond acceptors (Lipinski definition) is 5. The molecule has 3 heterocycles. The molecule has 0 N–H and O–H groups in total. The average molecular weight is 445 g/mol. The summed E-state index contributed by atoms with van der Waals surface area (Å²) in [6.07, 6.45) is 2.08. The van der Waals surface area contributed by atoms with Crippen LogP contribution in [0.1, 0.15) is 40.7 Å². The zero-order valence-corrected chi connectivity index (χ0v) is 18.2. The Hall–Kier alpha value is -3.68. The van der Waals surface area contributed by atoms with Gasteiger partial charge >= 0.3 is 12.0 Å². The monoisotopic (exact) mass is 445 g/mol. The lowest BCUT2D eigenvalue weighted by Gasteiger charge is -2.27. The van der Waals surface area contributed by atoms with E-state index in [9.17, 15) is 19.2 Å². The third-order valence-electron chi connectivity index (χ3n) is 7.42. The van der Waals surface area contributed by atoms with Gasteiger partial charge in [0, 0.05) is 25.6 Å². The standard InChI is InChI=1S/C25H23N3O5/c1-26-14-20(29)28(23(26)32)17-8-6-16(7-9-17)24(10-11-24)22(31)27-13-12-25(15-27)19-5-3-2-4-18(19)21(30)33-25/h2-9H,10-15H2,1H3/t25-/m0/s1. The molecule has 4 aliphatic rings. The highest BCUT2D eigenvalue weighted by Gasteiger charge is 2.57. The quantitative estimate of drug-likeness (QED) is 0.535. The number of anilines is 1. The van der Waals surface area contributed by atoms with Gasteiger partial charge < -0.3 is 14.5 Å². The molecule has 0 aromatic heterocycles. The van der Waals surface area contributed by atoms with Crippen molar-refractivity contribution in [3.8, 4) is 0 Å². The lowest BCUT2D eigenvalue weighted by Crippen LogP contribution is -2.40. The molecule has 33 heavy (non-hydrogen) atoms. The fourth-order valence-corrected chi connectivity index (χ4v) is 5.46. The summed E-state index contributed by atoms with van der Waals surface area (Å²) < 4.78 is 5.79. The maximum Gasteiger partial charge on any atom is 0.339 e. The molecule has 3 aliphatic heterocycles. The van der Waals surface area contributed by atoms with Crippen molar-refractivity contribution in [1.29, 1.82) is 0 Å². The Bertz CT molecular complexity index is 1220. The molecule has 8 nitrogen and oxygen atoms in total. The van der Waals surface area contributed by atoms with Crippen molar-refractivity contribution in [2.75, 3.05) is 31.6 Å². The summed E-state index contributed by atoms with van der Waals surface area (Å²) in [7, 11) is 1.59. The highest BCUT2D eigenvalue weighted by atomic mass is 16.6. The maximum atomic E-state index is 13.6. The van der Waals surface area contributed by atoms with Gasteiger partial charge in [-0.1, -0.05) is 30.3 Å². The molecule has 2 aromatic rings. The van der Waals surface area contributed by atoms with Gasteiger partial charge in [0.05, 0.1) is 23.2 Å². The number of benzene rings is 2. The number of carbonyl (C=O) groups is 4. The van der Waals surface area contributed by atoms with E-state index in [0.29, 0.717) is 30.8 Å². The van der Waals surface area contributed by atoms with Crippen molar-refractivity contribution in [1.82, 2.24) is 9.80 Å². The van der Waals surface area contributed by atoms with Crippen molar-refractivity contribution < 1.29 is 23.9 Å². The first kappa shape index (κ1) is 20.0. The summed E-state index contributed by atoms with van der Waals surface area (Å²) in [6.45, 7) is 0.953. The number of likely N-dealkylation sites (N-methyl/N-ethyl adjacent to an activating group) is 1. The number of fused-ring (bicyclic) bond motifs is 2. The molecule has 1 saturated carbocycles. The Balaban J connectivity index is 1.23. The van der Waals surface area contributed by atoms with Gasteiger partial charge in [0.1, 0.15) is 6.54 Å². The first-order chi connectivity index (χ1) is 15.8. The summed E-state index contributed by atoms with van der Waals surface area (Å²) in [5, 5.41) is 0. The number of likely N-dealkylation sites (tertiary alicyclic amines) is 1. The smallest absolute Gasteiger partial charge is 0.339 e. The Kier molecular flexibility index (Phi) is 4.03. The zero-order valence-electron chi connectivity index (χ0n) is 18.2. The highest BCUT2D eigenvalue weighted by molar-refractivity contribution is 6.19. The van der Waals surface area contributed by atoms with Gasteiger partial charge in [0.15, 0.2) is 5.60 Å². The summed E-state index contributed by atoms with van der Waals surface area (Å²) in [5.41, 5.74) is 1.49. The lowest BCUT2D eigenvalue weighted by molar-refractivity contribution is -0.134. The third kappa shape index (κ3) is 2.76. The lowest BCUT2D eigenvalue weighted by atomic mass is 9.91. The fraction of sp³-hybridized carbons (Fsp3) is 0.360. The second-order valence-electron chi connectivity index (χ2n) is 9.40. The number of ether oxygens (including phenoxy) is 1. The topological polar surface area (TPSA) is 87.2 Å². The molecular weight excluding hydrogens is 422 g/mol. The van der Waals surface area contributed by atoms with Gasteiger partial charge in [-0.25, -0.2) is 14.5 Å². The largest absolute Gasteiger partial charge is 0.449 e. The summed E-state index contributed by atoms with van der Waals surface area (Å²) in [6, 6.07) is 14.2. The van der Waals surface area contributed by atoms with Gasteiger partial charge in [-0.3, -0.25) is 9.59 Å². The van der Waals surface area contributed by atoms with Crippen molar-refractivity contribution in [3.63, 3.8) is 0 Å².